The molecule has 0 aliphatic rings. The van der Waals surface area contributed by atoms with Crippen LogP contribution >= 0.6 is 0 Å². The number of nitrogen functional groups attached to an aromatic ring is 1. The first-order valence-electron chi connectivity index (χ1n) is 11.3. The number of hydrogen-bond acceptors (Lipinski definition) is 5. The maximum absolute atomic E-state index is 12.3. The van der Waals surface area contributed by atoms with Crippen molar-refractivity contribution in [1.82, 2.24) is 0 Å². The van der Waals surface area contributed by atoms with Gasteiger partial charge in [0.05, 0.1) is 24.3 Å². The van der Waals surface area contributed by atoms with Gasteiger partial charge in [0.1, 0.15) is 0 Å². The van der Waals surface area contributed by atoms with Crippen LogP contribution < -0.4 is 5.73 Å². The van der Waals surface area contributed by atoms with Crippen molar-refractivity contribution in [3.63, 3.8) is 0 Å². The minimum Gasteiger partial charge on any atom is -0.462 e. The van der Waals surface area contributed by atoms with Crippen LogP contribution in [0.4, 0.5) is 5.69 Å². The van der Waals surface area contributed by atoms with Gasteiger partial charge in [-0.15, -0.1) is 0 Å². The molecule has 0 heterocycles. The Hall–Kier alpha value is -2.04. The fraction of sp³-hybridized carbons (Fsp3) is 0.667. The molecule has 1 rings (SSSR count). The number of benzene rings is 1. The van der Waals surface area contributed by atoms with Crippen LogP contribution in [-0.2, 0) is 9.47 Å². The highest BCUT2D eigenvalue weighted by molar-refractivity contribution is 5.96. The number of rotatable bonds is 16. The van der Waals surface area contributed by atoms with Crippen molar-refractivity contribution in [2.45, 2.75) is 90.9 Å². The smallest absolute Gasteiger partial charge is 0.338 e. The molecular formula is C24H39NO4. The number of anilines is 1. The van der Waals surface area contributed by atoms with E-state index in [0.717, 1.165) is 38.5 Å². The summed E-state index contributed by atoms with van der Waals surface area (Å²) in [5, 5.41) is 0. The van der Waals surface area contributed by atoms with Crippen LogP contribution in [0.25, 0.3) is 0 Å². The molecule has 0 aliphatic heterocycles. The minimum absolute atomic E-state index is 0.294. The SMILES string of the molecule is CCCCCCCCOC(=O)c1cc(N)cc(C(=O)OCCCCCCCC)c1. The first kappa shape index (κ1) is 25.0. The lowest BCUT2D eigenvalue weighted by Gasteiger charge is -2.09. The van der Waals surface area contributed by atoms with Crippen molar-refractivity contribution in [2.75, 3.05) is 18.9 Å². The fourth-order valence-corrected chi connectivity index (χ4v) is 3.15. The van der Waals surface area contributed by atoms with E-state index in [0.29, 0.717) is 30.0 Å². The molecule has 29 heavy (non-hydrogen) atoms. The maximum Gasteiger partial charge on any atom is 0.338 e. The molecule has 0 atom stereocenters. The van der Waals surface area contributed by atoms with Crippen molar-refractivity contribution in [1.29, 1.82) is 0 Å². The molecule has 0 bridgehead atoms. The van der Waals surface area contributed by atoms with Gasteiger partial charge in [-0.3, -0.25) is 0 Å². The highest BCUT2D eigenvalue weighted by Crippen LogP contribution is 2.15. The predicted octanol–water partition coefficient (Wildman–Crippen LogP) is 6.30. The molecule has 0 amide bonds. The Bertz CT molecular complexity index is 552. The molecule has 0 aromatic heterocycles. The molecule has 0 radical (unpaired) electrons. The van der Waals surface area contributed by atoms with Crippen molar-refractivity contribution in [3.8, 4) is 0 Å². The summed E-state index contributed by atoms with van der Waals surface area (Å²) in [6.45, 7) is 5.15. The molecule has 164 valence electrons. The zero-order valence-electron chi connectivity index (χ0n) is 18.3. The van der Waals surface area contributed by atoms with E-state index < -0.39 is 11.9 Å². The van der Waals surface area contributed by atoms with E-state index in [-0.39, 0.29) is 0 Å². The summed E-state index contributed by atoms with van der Waals surface area (Å²) in [5.74, 6) is -0.897. The summed E-state index contributed by atoms with van der Waals surface area (Å²) in [7, 11) is 0. The molecule has 0 unspecified atom stereocenters. The van der Waals surface area contributed by atoms with Gasteiger partial charge in [-0.2, -0.15) is 0 Å². The summed E-state index contributed by atoms with van der Waals surface area (Å²) in [6.07, 6.45) is 13.5. The first-order valence-corrected chi connectivity index (χ1v) is 11.3. The maximum atomic E-state index is 12.3. The van der Waals surface area contributed by atoms with Gasteiger partial charge in [0.25, 0.3) is 0 Å². The lowest BCUT2D eigenvalue weighted by Crippen LogP contribution is -2.11. The molecule has 0 saturated carbocycles. The van der Waals surface area contributed by atoms with Gasteiger partial charge in [-0.05, 0) is 31.0 Å². The molecule has 5 heteroatoms. The topological polar surface area (TPSA) is 78.6 Å². The Kier molecular flexibility index (Phi) is 13.6. The van der Waals surface area contributed by atoms with Crippen LogP contribution in [0.5, 0.6) is 0 Å². The van der Waals surface area contributed by atoms with E-state index in [1.165, 1.54) is 56.7 Å². The van der Waals surface area contributed by atoms with Gasteiger partial charge in [0.2, 0.25) is 0 Å². The number of carbonyl (C=O) groups is 2. The third-order valence-electron chi connectivity index (χ3n) is 4.89. The number of nitrogens with two attached hydrogens (primary N) is 1. The normalized spacial score (nSPS) is 10.7. The Morgan fingerprint density at radius 2 is 1.03 bits per heavy atom. The number of esters is 2. The monoisotopic (exact) mass is 405 g/mol. The number of unbranched alkanes of at least 4 members (excludes halogenated alkanes) is 10. The molecule has 0 saturated heterocycles. The number of hydrogen-bond donors (Lipinski definition) is 1. The summed E-state index contributed by atoms with van der Waals surface area (Å²) in [4.78, 5) is 24.5. The largest absolute Gasteiger partial charge is 0.462 e. The lowest BCUT2D eigenvalue weighted by molar-refractivity contribution is 0.0496. The zero-order valence-corrected chi connectivity index (χ0v) is 18.3. The molecule has 0 fully saturated rings. The van der Waals surface area contributed by atoms with E-state index >= 15 is 0 Å². The average Bonchev–Trinajstić information content (AvgIpc) is 2.71. The summed E-state index contributed by atoms with van der Waals surface area (Å²) < 4.78 is 10.6. The van der Waals surface area contributed by atoms with Crippen LogP contribution in [-0.4, -0.2) is 25.2 Å². The van der Waals surface area contributed by atoms with E-state index in [1.54, 1.807) is 0 Å². The van der Waals surface area contributed by atoms with Gasteiger partial charge >= 0.3 is 11.9 Å². The molecule has 0 spiro atoms. The third-order valence-corrected chi connectivity index (χ3v) is 4.89. The first-order chi connectivity index (χ1) is 14.1. The molecule has 1 aromatic carbocycles. The van der Waals surface area contributed by atoms with Crippen LogP contribution in [0.2, 0.25) is 0 Å². The van der Waals surface area contributed by atoms with Crippen molar-refractivity contribution < 1.29 is 19.1 Å². The second kappa shape index (κ2) is 15.8. The summed E-state index contributed by atoms with van der Waals surface area (Å²) in [5.41, 5.74) is 6.81. The minimum atomic E-state index is -0.448. The van der Waals surface area contributed by atoms with Crippen molar-refractivity contribution in [2.24, 2.45) is 0 Å². The van der Waals surface area contributed by atoms with Crippen molar-refractivity contribution >= 4 is 17.6 Å². The number of carbonyl (C=O) groups excluding carboxylic acids is 2. The zero-order chi connectivity index (χ0) is 21.3. The van der Waals surface area contributed by atoms with Gasteiger partial charge in [0, 0.05) is 5.69 Å². The van der Waals surface area contributed by atoms with E-state index in [9.17, 15) is 9.59 Å². The highest BCUT2D eigenvalue weighted by atomic mass is 16.5. The lowest BCUT2D eigenvalue weighted by atomic mass is 10.1. The van der Waals surface area contributed by atoms with Gasteiger partial charge in [0.15, 0.2) is 0 Å². The highest BCUT2D eigenvalue weighted by Gasteiger charge is 2.14. The van der Waals surface area contributed by atoms with Gasteiger partial charge in [-0.25, -0.2) is 9.59 Å². The van der Waals surface area contributed by atoms with E-state index in [2.05, 4.69) is 13.8 Å². The van der Waals surface area contributed by atoms with Crippen LogP contribution in [0.15, 0.2) is 18.2 Å². The standard InChI is InChI=1S/C24H39NO4/c1-3-5-7-9-11-13-15-28-23(26)20-17-21(19-22(25)18-20)24(27)29-16-14-12-10-8-6-4-2/h17-19H,3-16,25H2,1-2H3. The van der Waals surface area contributed by atoms with Crippen LogP contribution in [0, 0.1) is 0 Å². The summed E-state index contributed by atoms with van der Waals surface area (Å²) in [6, 6.07) is 4.58. The quantitative estimate of drug-likeness (QED) is 0.198. The third kappa shape index (κ3) is 11.5. The average molecular weight is 406 g/mol. The van der Waals surface area contributed by atoms with Crippen LogP contribution in [0.3, 0.4) is 0 Å². The summed E-state index contributed by atoms with van der Waals surface area (Å²) >= 11 is 0. The Morgan fingerprint density at radius 3 is 1.45 bits per heavy atom. The second-order valence-electron chi connectivity index (χ2n) is 7.65. The van der Waals surface area contributed by atoms with E-state index in [1.807, 2.05) is 0 Å². The molecule has 1 aromatic rings. The van der Waals surface area contributed by atoms with Gasteiger partial charge in [-0.1, -0.05) is 78.1 Å². The molecular weight excluding hydrogens is 366 g/mol. The van der Waals surface area contributed by atoms with Crippen molar-refractivity contribution in [3.05, 3.63) is 29.3 Å². The molecule has 5 nitrogen and oxygen atoms in total. The van der Waals surface area contributed by atoms with Crippen LogP contribution in [0.1, 0.15) is 112 Å². The molecule has 2 N–H and O–H groups in total. The Labute approximate surface area is 176 Å². The predicted molar refractivity (Wildman–Crippen MR) is 118 cm³/mol. The molecule has 0 aliphatic carbocycles. The van der Waals surface area contributed by atoms with E-state index in [4.69, 9.17) is 15.2 Å². The second-order valence-corrected chi connectivity index (χ2v) is 7.65. The Balaban J connectivity index is 2.38. The fourth-order valence-electron chi connectivity index (χ4n) is 3.15. The Morgan fingerprint density at radius 1 is 0.655 bits per heavy atom. The number of ether oxygens (including phenoxy) is 2. The van der Waals surface area contributed by atoms with Gasteiger partial charge < -0.3 is 15.2 Å².